The van der Waals surface area contributed by atoms with E-state index < -0.39 is 0 Å². The lowest BCUT2D eigenvalue weighted by molar-refractivity contribution is 1.28. The van der Waals surface area contributed by atoms with E-state index >= 15 is 0 Å². The average Bonchev–Trinajstić information content (AvgIpc) is 2.16. The molecule has 0 amide bonds. The van der Waals surface area contributed by atoms with Crippen LogP contribution in [0.2, 0.25) is 5.02 Å². The van der Waals surface area contributed by atoms with Crippen LogP contribution in [0.3, 0.4) is 0 Å². The molecular formula is C11H11ClS. The van der Waals surface area contributed by atoms with Crippen LogP contribution < -0.4 is 0 Å². The van der Waals surface area contributed by atoms with E-state index in [1.165, 1.54) is 5.56 Å². The molecule has 0 nitrogen and oxygen atoms in total. The molecule has 0 aliphatic carbocycles. The van der Waals surface area contributed by atoms with Crippen molar-refractivity contribution >= 4 is 23.4 Å². The predicted octanol–water partition coefficient (Wildman–Crippen LogP) is 3.59. The van der Waals surface area contributed by atoms with Crippen molar-refractivity contribution in [3.05, 3.63) is 34.9 Å². The van der Waals surface area contributed by atoms with Gasteiger partial charge in [0, 0.05) is 10.8 Å². The maximum absolute atomic E-state index is 5.76. The maximum Gasteiger partial charge on any atom is 0.0629 e. The first-order valence-corrected chi connectivity index (χ1v) is 5.47. The second-order valence-corrected chi connectivity index (χ2v) is 4.51. The first-order valence-electron chi connectivity index (χ1n) is 4.04. The molecule has 0 aromatic heterocycles. The van der Waals surface area contributed by atoms with E-state index in [2.05, 4.69) is 5.92 Å². The van der Waals surface area contributed by atoms with Crippen LogP contribution in [-0.2, 0) is 5.75 Å². The third kappa shape index (κ3) is 3.76. The molecule has 0 N–H and O–H groups in total. The fourth-order valence-electron chi connectivity index (χ4n) is 0.850. The molecule has 0 heterocycles. The van der Waals surface area contributed by atoms with Crippen molar-refractivity contribution in [3.63, 3.8) is 0 Å². The normalized spacial score (nSPS) is 12.1. The Morgan fingerprint density at radius 3 is 2.62 bits per heavy atom. The van der Waals surface area contributed by atoms with Crippen LogP contribution in [0, 0.1) is 12.3 Å². The largest absolute Gasteiger partial charge is 0.141 e. The highest BCUT2D eigenvalue weighted by atomic mass is 35.5. The van der Waals surface area contributed by atoms with Crippen LogP contribution in [0.1, 0.15) is 12.5 Å². The van der Waals surface area contributed by atoms with Crippen molar-refractivity contribution in [3.8, 4) is 12.3 Å². The highest BCUT2D eigenvalue weighted by Gasteiger charge is 1.98. The summed E-state index contributed by atoms with van der Waals surface area (Å²) in [6.07, 6.45) is 5.27. The van der Waals surface area contributed by atoms with Gasteiger partial charge >= 0.3 is 0 Å². The number of benzene rings is 1. The SMILES string of the molecule is C#CC(C)SCc1ccc(Cl)cc1. The molecule has 1 unspecified atom stereocenters. The fraction of sp³-hybridized carbons (Fsp3) is 0.273. The lowest BCUT2D eigenvalue weighted by Crippen LogP contribution is -1.91. The topological polar surface area (TPSA) is 0 Å². The quantitative estimate of drug-likeness (QED) is 0.688. The Kier molecular flexibility index (Phi) is 4.21. The minimum atomic E-state index is 0.274. The molecule has 0 aliphatic heterocycles. The standard InChI is InChI=1S/C11H11ClS/c1-3-9(2)13-8-10-4-6-11(12)7-5-10/h1,4-7,9H,8H2,2H3. The Labute approximate surface area is 88.7 Å². The Hall–Kier alpha value is -0.580. The minimum absolute atomic E-state index is 0.274. The zero-order chi connectivity index (χ0) is 9.68. The molecule has 0 fully saturated rings. The lowest BCUT2D eigenvalue weighted by Gasteiger charge is -2.03. The maximum atomic E-state index is 5.76. The van der Waals surface area contributed by atoms with Crippen LogP contribution in [-0.4, -0.2) is 5.25 Å². The van der Waals surface area contributed by atoms with Gasteiger partial charge in [-0.2, -0.15) is 0 Å². The van der Waals surface area contributed by atoms with Gasteiger partial charge in [0.05, 0.1) is 5.25 Å². The van der Waals surface area contributed by atoms with E-state index in [1.54, 1.807) is 11.8 Å². The molecule has 0 bridgehead atoms. The van der Waals surface area contributed by atoms with Crippen LogP contribution in [0.25, 0.3) is 0 Å². The summed E-state index contributed by atoms with van der Waals surface area (Å²) in [5.74, 6) is 3.63. The van der Waals surface area contributed by atoms with Crippen LogP contribution in [0.15, 0.2) is 24.3 Å². The van der Waals surface area contributed by atoms with Crippen molar-refractivity contribution in [2.75, 3.05) is 0 Å². The summed E-state index contributed by atoms with van der Waals surface area (Å²) in [4.78, 5) is 0. The summed E-state index contributed by atoms with van der Waals surface area (Å²) >= 11 is 7.52. The average molecular weight is 211 g/mol. The van der Waals surface area contributed by atoms with Gasteiger partial charge in [-0.25, -0.2) is 0 Å². The van der Waals surface area contributed by atoms with Crippen molar-refractivity contribution in [1.29, 1.82) is 0 Å². The smallest absolute Gasteiger partial charge is 0.0629 e. The summed E-state index contributed by atoms with van der Waals surface area (Å²) in [7, 11) is 0. The van der Waals surface area contributed by atoms with Crippen molar-refractivity contribution in [2.45, 2.75) is 17.9 Å². The molecule has 1 rings (SSSR count). The van der Waals surface area contributed by atoms with Gasteiger partial charge in [0.1, 0.15) is 0 Å². The van der Waals surface area contributed by atoms with Gasteiger partial charge < -0.3 is 0 Å². The Morgan fingerprint density at radius 1 is 1.46 bits per heavy atom. The zero-order valence-corrected chi connectivity index (χ0v) is 9.03. The Balaban J connectivity index is 2.47. The van der Waals surface area contributed by atoms with Crippen LogP contribution in [0.4, 0.5) is 0 Å². The lowest BCUT2D eigenvalue weighted by atomic mass is 10.2. The second-order valence-electron chi connectivity index (χ2n) is 2.75. The minimum Gasteiger partial charge on any atom is -0.141 e. The van der Waals surface area contributed by atoms with E-state index in [9.17, 15) is 0 Å². The molecule has 1 aromatic rings. The van der Waals surface area contributed by atoms with Crippen molar-refractivity contribution in [1.82, 2.24) is 0 Å². The van der Waals surface area contributed by atoms with Crippen LogP contribution in [0.5, 0.6) is 0 Å². The van der Waals surface area contributed by atoms with Gasteiger partial charge in [-0.05, 0) is 24.6 Å². The third-order valence-electron chi connectivity index (χ3n) is 1.65. The van der Waals surface area contributed by atoms with Gasteiger partial charge in [0.25, 0.3) is 0 Å². The molecule has 0 aliphatic rings. The highest BCUT2D eigenvalue weighted by Crippen LogP contribution is 2.18. The van der Waals surface area contributed by atoms with E-state index in [1.807, 2.05) is 31.2 Å². The molecule has 2 heteroatoms. The van der Waals surface area contributed by atoms with Gasteiger partial charge in [-0.1, -0.05) is 29.7 Å². The van der Waals surface area contributed by atoms with E-state index in [0.29, 0.717) is 0 Å². The second kappa shape index (κ2) is 5.21. The summed E-state index contributed by atoms with van der Waals surface area (Å²) in [5, 5.41) is 1.05. The number of halogens is 1. The molecule has 13 heavy (non-hydrogen) atoms. The summed E-state index contributed by atoms with van der Waals surface area (Å²) in [5.41, 5.74) is 1.26. The highest BCUT2D eigenvalue weighted by molar-refractivity contribution is 7.99. The van der Waals surface area contributed by atoms with Gasteiger partial charge in [-0.15, -0.1) is 18.2 Å². The molecule has 68 valence electrons. The third-order valence-corrected chi connectivity index (χ3v) is 3.04. The molecular weight excluding hydrogens is 200 g/mol. The number of rotatable bonds is 3. The van der Waals surface area contributed by atoms with E-state index in [4.69, 9.17) is 18.0 Å². The van der Waals surface area contributed by atoms with Crippen LogP contribution >= 0.6 is 23.4 Å². The molecule has 0 saturated carbocycles. The van der Waals surface area contributed by atoms with E-state index in [0.717, 1.165) is 10.8 Å². The monoisotopic (exact) mass is 210 g/mol. The summed E-state index contributed by atoms with van der Waals surface area (Å²) in [6, 6.07) is 7.85. The first kappa shape index (κ1) is 10.5. The molecule has 1 atom stereocenters. The molecule has 1 aromatic carbocycles. The van der Waals surface area contributed by atoms with Crippen molar-refractivity contribution < 1.29 is 0 Å². The number of terminal acetylenes is 1. The molecule has 0 saturated heterocycles. The first-order chi connectivity index (χ1) is 6.22. The van der Waals surface area contributed by atoms with E-state index in [-0.39, 0.29) is 5.25 Å². The molecule has 0 spiro atoms. The van der Waals surface area contributed by atoms with Gasteiger partial charge in [0.15, 0.2) is 0 Å². The fourth-order valence-corrected chi connectivity index (χ4v) is 1.71. The predicted molar refractivity (Wildman–Crippen MR) is 61.0 cm³/mol. The Morgan fingerprint density at radius 2 is 2.08 bits per heavy atom. The number of hydrogen-bond donors (Lipinski definition) is 0. The van der Waals surface area contributed by atoms with Gasteiger partial charge in [0.2, 0.25) is 0 Å². The van der Waals surface area contributed by atoms with Gasteiger partial charge in [-0.3, -0.25) is 0 Å². The van der Waals surface area contributed by atoms with Crippen molar-refractivity contribution in [2.24, 2.45) is 0 Å². The number of hydrogen-bond acceptors (Lipinski definition) is 1. The summed E-state index contributed by atoms with van der Waals surface area (Å²) < 4.78 is 0. The Bertz CT molecular complexity index is 297. The zero-order valence-electron chi connectivity index (χ0n) is 7.46. The summed E-state index contributed by atoms with van der Waals surface area (Å²) in [6.45, 7) is 2.03. The number of thioether (sulfide) groups is 1. The molecule has 0 radical (unpaired) electrons.